The van der Waals surface area contributed by atoms with E-state index in [1.807, 2.05) is 0 Å². The fraction of sp³-hybridized carbons (Fsp3) is 1.00. The fourth-order valence-electron chi connectivity index (χ4n) is 1.77. The van der Waals surface area contributed by atoms with Crippen molar-refractivity contribution in [2.24, 2.45) is 0 Å². The Kier molecular flexibility index (Phi) is 3.74. The molecule has 1 heterocycles. The van der Waals surface area contributed by atoms with Gasteiger partial charge in [-0.1, -0.05) is 13.3 Å². The van der Waals surface area contributed by atoms with Crippen LogP contribution in [-0.4, -0.2) is 44.0 Å². The second kappa shape index (κ2) is 4.42. The van der Waals surface area contributed by atoms with Crippen molar-refractivity contribution in [3.05, 3.63) is 0 Å². The van der Waals surface area contributed by atoms with Gasteiger partial charge in [-0.25, -0.2) is 8.42 Å². The lowest BCUT2D eigenvalue weighted by Gasteiger charge is -2.31. The molecule has 0 aromatic carbocycles. The summed E-state index contributed by atoms with van der Waals surface area (Å²) in [6.45, 7) is 5.80. The number of sulfone groups is 1. The van der Waals surface area contributed by atoms with Crippen LogP contribution in [0.5, 0.6) is 0 Å². The van der Waals surface area contributed by atoms with Gasteiger partial charge in [0.25, 0.3) is 0 Å². The summed E-state index contributed by atoms with van der Waals surface area (Å²) in [4.78, 5) is 2.28. The molecular formula is C9H19NO2S. The van der Waals surface area contributed by atoms with Crippen LogP contribution in [0.1, 0.15) is 26.7 Å². The second-order valence-corrected chi connectivity index (χ2v) is 6.13. The van der Waals surface area contributed by atoms with Crippen LogP contribution < -0.4 is 0 Å². The highest BCUT2D eigenvalue weighted by molar-refractivity contribution is 7.91. The van der Waals surface area contributed by atoms with Crippen molar-refractivity contribution < 1.29 is 8.42 Å². The van der Waals surface area contributed by atoms with Crippen molar-refractivity contribution in [2.45, 2.75) is 32.7 Å². The van der Waals surface area contributed by atoms with Crippen LogP contribution in [-0.2, 0) is 9.84 Å². The maximum atomic E-state index is 11.1. The predicted molar refractivity (Wildman–Crippen MR) is 54.6 cm³/mol. The van der Waals surface area contributed by atoms with Crippen LogP contribution in [0.4, 0.5) is 0 Å². The van der Waals surface area contributed by atoms with E-state index < -0.39 is 9.84 Å². The van der Waals surface area contributed by atoms with Crippen molar-refractivity contribution in [1.29, 1.82) is 0 Å². The summed E-state index contributed by atoms with van der Waals surface area (Å²) in [5, 5.41) is 0. The first-order valence-electron chi connectivity index (χ1n) is 4.99. The van der Waals surface area contributed by atoms with Crippen LogP contribution in [0.2, 0.25) is 0 Å². The zero-order valence-corrected chi connectivity index (χ0v) is 9.31. The molecule has 0 amide bonds. The van der Waals surface area contributed by atoms with Crippen LogP contribution in [0.3, 0.4) is 0 Å². The SMILES string of the molecule is CCCC(C)N1CCS(=O)(=O)CC1. The van der Waals surface area contributed by atoms with Gasteiger partial charge in [0.1, 0.15) is 0 Å². The van der Waals surface area contributed by atoms with E-state index in [0.29, 0.717) is 17.5 Å². The molecule has 0 bridgehead atoms. The van der Waals surface area contributed by atoms with Gasteiger partial charge >= 0.3 is 0 Å². The summed E-state index contributed by atoms with van der Waals surface area (Å²) < 4.78 is 22.3. The Bertz CT molecular complexity index is 234. The normalized spacial score (nSPS) is 25.7. The van der Waals surface area contributed by atoms with Gasteiger partial charge < -0.3 is 0 Å². The van der Waals surface area contributed by atoms with Crippen LogP contribution >= 0.6 is 0 Å². The molecule has 1 saturated heterocycles. The molecular weight excluding hydrogens is 186 g/mol. The lowest BCUT2D eigenvalue weighted by Crippen LogP contribution is -2.44. The lowest BCUT2D eigenvalue weighted by atomic mass is 10.1. The van der Waals surface area contributed by atoms with Gasteiger partial charge in [-0.2, -0.15) is 0 Å². The van der Waals surface area contributed by atoms with Crippen molar-refractivity contribution in [2.75, 3.05) is 24.6 Å². The molecule has 0 aromatic rings. The first-order valence-corrected chi connectivity index (χ1v) is 6.82. The summed E-state index contributed by atoms with van der Waals surface area (Å²) >= 11 is 0. The molecule has 0 aliphatic carbocycles. The Morgan fingerprint density at radius 2 is 1.85 bits per heavy atom. The highest BCUT2D eigenvalue weighted by atomic mass is 32.2. The van der Waals surface area contributed by atoms with Gasteiger partial charge in [-0.15, -0.1) is 0 Å². The van der Waals surface area contributed by atoms with Crippen LogP contribution in [0.15, 0.2) is 0 Å². The van der Waals surface area contributed by atoms with Crippen molar-refractivity contribution in [1.82, 2.24) is 4.90 Å². The van der Waals surface area contributed by atoms with Crippen molar-refractivity contribution in [3.63, 3.8) is 0 Å². The number of hydrogen-bond donors (Lipinski definition) is 0. The average Bonchev–Trinajstić information content (AvgIpc) is 2.04. The molecule has 1 aliphatic rings. The Labute approximate surface area is 81.0 Å². The maximum Gasteiger partial charge on any atom is 0.152 e. The zero-order valence-electron chi connectivity index (χ0n) is 8.49. The van der Waals surface area contributed by atoms with Gasteiger partial charge in [0.2, 0.25) is 0 Å². The van der Waals surface area contributed by atoms with E-state index in [-0.39, 0.29) is 0 Å². The van der Waals surface area contributed by atoms with E-state index in [1.54, 1.807) is 0 Å². The van der Waals surface area contributed by atoms with E-state index in [2.05, 4.69) is 18.7 Å². The minimum absolute atomic E-state index is 0.348. The Hall–Kier alpha value is -0.0900. The fourth-order valence-corrected chi connectivity index (χ4v) is 3.00. The summed E-state index contributed by atoms with van der Waals surface area (Å²) in [6, 6.07) is 0.542. The minimum Gasteiger partial charge on any atom is -0.299 e. The highest BCUT2D eigenvalue weighted by Gasteiger charge is 2.23. The van der Waals surface area contributed by atoms with Gasteiger partial charge in [0.15, 0.2) is 9.84 Å². The molecule has 0 N–H and O–H groups in total. The topological polar surface area (TPSA) is 37.4 Å². The quantitative estimate of drug-likeness (QED) is 0.687. The average molecular weight is 205 g/mol. The third kappa shape index (κ3) is 3.27. The molecule has 1 rings (SSSR count). The van der Waals surface area contributed by atoms with E-state index in [1.165, 1.54) is 12.8 Å². The minimum atomic E-state index is -2.71. The number of hydrogen-bond acceptors (Lipinski definition) is 3. The highest BCUT2D eigenvalue weighted by Crippen LogP contribution is 2.11. The first-order chi connectivity index (χ1) is 6.05. The summed E-state index contributed by atoms with van der Waals surface area (Å²) in [5.74, 6) is 0.697. The Morgan fingerprint density at radius 1 is 1.31 bits per heavy atom. The molecule has 4 heteroatoms. The summed E-state index contributed by atoms with van der Waals surface area (Å²) in [6.07, 6.45) is 2.34. The first kappa shape index (κ1) is 11.0. The predicted octanol–water partition coefficient (Wildman–Crippen LogP) is 0.905. The van der Waals surface area contributed by atoms with Crippen LogP contribution in [0, 0.1) is 0 Å². The summed E-state index contributed by atoms with van der Waals surface area (Å²) in [7, 11) is -2.71. The van der Waals surface area contributed by atoms with E-state index in [4.69, 9.17) is 0 Å². The standard InChI is InChI=1S/C9H19NO2S/c1-3-4-9(2)10-5-7-13(11,12)8-6-10/h9H,3-8H2,1-2H3. The molecule has 1 fully saturated rings. The third-order valence-corrected chi connectivity index (χ3v) is 4.32. The number of nitrogens with zero attached hydrogens (tertiary/aromatic N) is 1. The van der Waals surface area contributed by atoms with Gasteiger partial charge in [0, 0.05) is 19.1 Å². The lowest BCUT2D eigenvalue weighted by molar-refractivity contribution is 0.215. The van der Waals surface area contributed by atoms with Crippen LogP contribution in [0.25, 0.3) is 0 Å². The molecule has 0 saturated carbocycles. The maximum absolute atomic E-state index is 11.1. The molecule has 0 aromatic heterocycles. The molecule has 1 atom stereocenters. The molecule has 0 radical (unpaired) electrons. The van der Waals surface area contributed by atoms with Crippen molar-refractivity contribution in [3.8, 4) is 0 Å². The van der Waals surface area contributed by atoms with Gasteiger partial charge in [0.05, 0.1) is 11.5 Å². The summed E-state index contributed by atoms with van der Waals surface area (Å²) in [5.41, 5.74) is 0. The van der Waals surface area contributed by atoms with Gasteiger partial charge in [-0.05, 0) is 13.3 Å². The Morgan fingerprint density at radius 3 is 2.31 bits per heavy atom. The molecule has 13 heavy (non-hydrogen) atoms. The molecule has 0 spiro atoms. The van der Waals surface area contributed by atoms with Gasteiger partial charge in [-0.3, -0.25) is 4.90 Å². The molecule has 78 valence electrons. The smallest absolute Gasteiger partial charge is 0.152 e. The third-order valence-electron chi connectivity index (χ3n) is 2.71. The zero-order chi connectivity index (χ0) is 9.90. The van der Waals surface area contributed by atoms with E-state index in [0.717, 1.165) is 13.1 Å². The molecule has 1 unspecified atom stereocenters. The molecule has 3 nitrogen and oxygen atoms in total. The van der Waals surface area contributed by atoms with E-state index in [9.17, 15) is 8.42 Å². The van der Waals surface area contributed by atoms with E-state index >= 15 is 0 Å². The second-order valence-electron chi connectivity index (χ2n) is 3.83. The largest absolute Gasteiger partial charge is 0.299 e. The monoisotopic (exact) mass is 205 g/mol. The van der Waals surface area contributed by atoms with Crippen molar-refractivity contribution >= 4 is 9.84 Å². The Balaban J connectivity index is 2.40. The number of rotatable bonds is 3. The molecule has 1 aliphatic heterocycles.